The summed E-state index contributed by atoms with van der Waals surface area (Å²) < 4.78 is 2.64. The largest absolute Gasteiger partial charge is 0.311 e. The van der Waals surface area contributed by atoms with Crippen molar-refractivity contribution in [2.75, 3.05) is 6.54 Å². The Kier molecular flexibility index (Phi) is 4.74. The highest BCUT2D eigenvalue weighted by molar-refractivity contribution is 9.10. The average Bonchev–Trinajstić information content (AvgIpc) is 2.78. The summed E-state index contributed by atoms with van der Waals surface area (Å²) >= 11 is 9.38. The number of nitrogens with zero attached hydrogens (tertiary/aromatic N) is 3. The van der Waals surface area contributed by atoms with Gasteiger partial charge in [-0.3, -0.25) is 0 Å². The fraction of sp³-hybridized carbons (Fsp3) is 0.333. The molecular weight excluding hydrogens is 316 g/mol. The lowest BCUT2D eigenvalue weighted by Gasteiger charge is -2.03. The molecular formula is C12H14BrClN4. The van der Waals surface area contributed by atoms with Gasteiger partial charge in [0.15, 0.2) is 0 Å². The van der Waals surface area contributed by atoms with Crippen molar-refractivity contribution in [2.45, 2.75) is 19.9 Å². The lowest BCUT2D eigenvalue weighted by Crippen LogP contribution is -2.13. The second kappa shape index (κ2) is 6.31. The first-order chi connectivity index (χ1) is 8.70. The number of hydrogen-bond donors (Lipinski definition) is 1. The Morgan fingerprint density at radius 3 is 3.00 bits per heavy atom. The smallest absolute Gasteiger partial charge is 0.0969 e. The van der Waals surface area contributed by atoms with Gasteiger partial charge in [-0.1, -0.05) is 23.7 Å². The van der Waals surface area contributed by atoms with E-state index in [4.69, 9.17) is 11.6 Å². The zero-order valence-electron chi connectivity index (χ0n) is 10.0. The normalized spacial score (nSPS) is 10.8. The first-order valence-electron chi connectivity index (χ1n) is 5.78. The summed E-state index contributed by atoms with van der Waals surface area (Å²) in [7, 11) is 0. The Balaban J connectivity index is 2.13. The van der Waals surface area contributed by atoms with Crippen LogP contribution in [0, 0.1) is 0 Å². The molecule has 0 aliphatic carbocycles. The summed E-state index contributed by atoms with van der Waals surface area (Å²) in [5, 5.41) is 12.2. The molecule has 1 N–H and O–H groups in total. The predicted molar refractivity (Wildman–Crippen MR) is 76.1 cm³/mol. The van der Waals surface area contributed by atoms with Crippen LogP contribution in [0.1, 0.15) is 19.0 Å². The molecule has 0 aliphatic rings. The highest BCUT2D eigenvalue weighted by Gasteiger charge is 2.06. The summed E-state index contributed by atoms with van der Waals surface area (Å²) in [6.45, 7) is 3.85. The molecule has 0 unspecified atom stereocenters. The van der Waals surface area contributed by atoms with Crippen molar-refractivity contribution in [3.8, 4) is 5.69 Å². The van der Waals surface area contributed by atoms with Gasteiger partial charge in [0.1, 0.15) is 0 Å². The molecule has 0 bridgehead atoms. The predicted octanol–water partition coefficient (Wildman–Crippen LogP) is 3.18. The van der Waals surface area contributed by atoms with Gasteiger partial charge in [0.25, 0.3) is 0 Å². The second-order valence-electron chi connectivity index (χ2n) is 3.93. The van der Waals surface area contributed by atoms with E-state index in [0.717, 1.165) is 35.4 Å². The van der Waals surface area contributed by atoms with E-state index in [0.29, 0.717) is 5.02 Å². The van der Waals surface area contributed by atoms with Crippen LogP contribution in [0.25, 0.3) is 5.69 Å². The van der Waals surface area contributed by atoms with Crippen molar-refractivity contribution in [3.63, 3.8) is 0 Å². The molecule has 0 amide bonds. The third-order valence-electron chi connectivity index (χ3n) is 2.43. The zero-order chi connectivity index (χ0) is 13.0. The van der Waals surface area contributed by atoms with Crippen LogP contribution in [0.15, 0.2) is 28.9 Å². The molecule has 2 rings (SSSR count). The van der Waals surface area contributed by atoms with Crippen LogP contribution in [0.3, 0.4) is 0 Å². The second-order valence-corrected chi connectivity index (χ2v) is 5.22. The number of nitrogens with one attached hydrogen (secondary N) is 1. The van der Waals surface area contributed by atoms with Crippen LogP contribution in [0.5, 0.6) is 0 Å². The molecule has 2 aromatic rings. The van der Waals surface area contributed by atoms with Gasteiger partial charge in [-0.2, -0.15) is 0 Å². The Morgan fingerprint density at radius 1 is 1.44 bits per heavy atom. The molecule has 1 heterocycles. The van der Waals surface area contributed by atoms with Gasteiger partial charge in [0.2, 0.25) is 0 Å². The lowest BCUT2D eigenvalue weighted by atomic mass is 10.3. The van der Waals surface area contributed by atoms with Gasteiger partial charge >= 0.3 is 0 Å². The third-order valence-corrected chi connectivity index (χ3v) is 3.30. The van der Waals surface area contributed by atoms with E-state index in [9.17, 15) is 0 Å². The van der Waals surface area contributed by atoms with Crippen LogP contribution in [-0.2, 0) is 6.54 Å². The zero-order valence-corrected chi connectivity index (χ0v) is 12.4. The van der Waals surface area contributed by atoms with Crippen molar-refractivity contribution in [3.05, 3.63) is 39.6 Å². The fourth-order valence-corrected chi connectivity index (χ4v) is 2.42. The summed E-state index contributed by atoms with van der Waals surface area (Å²) in [4.78, 5) is 0. The highest BCUT2D eigenvalue weighted by atomic mass is 79.9. The van der Waals surface area contributed by atoms with E-state index in [1.807, 2.05) is 24.4 Å². The summed E-state index contributed by atoms with van der Waals surface area (Å²) in [5.74, 6) is 0. The molecule has 0 saturated carbocycles. The lowest BCUT2D eigenvalue weighted by molar-refractivity contribution is 0.662. The molecule has 0 spiro atoms. The number of aromatic nitrogens is 3. The van der Waals surface area contributed by atoms with E-state index in [2.05, 4.69) is 38.5 Å². The van der Waals surface area contributed by atoms with Crippen LogP contribution in [-0.4, -0.2) is 21.5 Å². The molecule has 0 aliphatic heterocycles. The van der Waals surface area contributed by atoms with Crippen molar-refractivity contribution >= 4 is 27.5 Å². The quantitative estimate of drug-likeness (QED) is 0.857. The molecule has 1 aromatic heterocycles. The van der Waals surface area contributed by atoms with Crippen LogP contribution < -0.4 is 5.32 Å². The van der Waals surface area contributed by atoms with Crippen LogP contribution in [0.4, 0.5) is 0 Å². The first-order valence-corrected chi connectivity index (χ1v) is 6.95. The molecule has 0 saturated heterocycles. The molecule has 0 radical (unpaired) electrons. The van der Waals surface area contributed by atoms with Crippen molar-refractivity contribution in [2.24, 2.45) is 0 Å². The Morgan fingerprint density at radius 2 is 2.28 bits per heavy atom. The molecule has 0 fully saturated rings. The standard InChI is InChI=1S/C12H14BrClN4/c1-2-5-15-7-10-8-18(17-16-10)12-4-3-9(14)6-11(12)13/h3-4,6,8,15H,2,5,7H2,1H3. The van der Waals surface area contributed by atoms with Crippen LogP contribution >= 0.6 is 27.5 Å². The number of halogens is 2. The summed E-state index contributed by atoms with van der Waals surface area (Å²) in [6.07, 6.45) is 3.02. The third kappa shape index (κ3) is 3.31. The van der Waals surface area contributed by atoms with Gasteiger partial charge < -0.3 is 5.32 Å². The van der Waals surface area contributed by atoms with Gasteiger partial charge in [-0.25, -0.2) is 4.68 Å². The molecule has 1 aromatic carbocycles. The van der Waals surface area contributed by atoms with Gasteiger partial charge in [-0.15, -0.1) is 5.10 Å². The van der Waals surface area contributed by atoms with E-state index < -0.39 is 0 Å². The molecule has 6 heteroatoms. The van der Waals surface area contributed by atoms with E-state index >= 15 is 0 Å². The highest BCUT2D eigenvalue weighted by Crippen LogP contribution is 2.24. The molecule has 4 nitrogen and oxygen atoms in total. The Bertz CT molecular complexity index is 527. The first kappa shape index (κ1) is 13.5. The SMILES string of the molecule is CCCNCc1cn(-c2ccc(Cl)cc2Br)nn1. The minimum Gasteiger partial charge on any atom is -0.311 e. The van der Waals surface area contributed by atoms with E-state index in [-0.39, 0.29) is 0 Å². The fourth-order valence-electron chi connectivity index (χ4n) is 1.56. The minimum absolute atomic E-state index is 0.690. The van der Waals surface area contributed by atoms with Crippen molar-refractivity contribution in [1.29, 1.82) is 0 Å². The molecule has 0 atom stereocenters. The maximum absolute atomic E-state index is 5.91. The monoisotopic (exact) mass is 328 g/mol. The van der Waals surface area contributed by atoms with Crippen LogP contribution in [0.2, 0.25) is 5.02 Å². The average molecular weight is 330 g/mol. The maximum atomic E-state index is 5.91. The van der Waals surface area contributed by atoms with Crippen molar-refractivity contribution < 1.29 is 0 Å². The maximum Gasteiger partial charge on any atom is 0.0969 e. The van der Waals surface area contributed by atoms with E-state index in [1.165, 1.54) is 0 Å². The number of rotatable bonds is 5. The topological polar surface area (TPSA) is 42.7 Å². The van der Waals surface area contributed by atoms with Gasteiger partial charge in [0.05, 0.1) is 17.6 Å². The molecule has 18 heavy (non-hydrogen) atoms. The van der Waals surface area contributed by atoms with Gasteiger partial charge in [0, 0.05) is 16.0 Å². The van der Waals surface area contributed by atoms with Gasteiger partial charge in [-0.05, 0) is 47.1 Å². The van der Waals surface area contributed by atoms with Crippen molar-refractivity contribution in [1.82, 2.24) is 20.3 Å². The summed E-state index contributed by atoms with van der Waals surface area (Å²) in [5.41, 5.74) is 1.85. The molecule has 96 valence electrons. The number of benzene rings is 1. The minimum atomic E-state index is 0.690. The summed E-state index contributed by atoms with van der Waals surface area (Å²) in [6, 6.07) is 5.58. The number of hydrogen-bond acceptors (Lipinski definition) is 3. The Hall–Kier alpha value is -0.910. The Labute approximate surface area is 119 Å². The van der Waals surface area contributed by atoms with E-state index in [1.54, 1.807) is 4.68 Å².